The molecule has 1 spiro atoms. The molecule has 136 valence electrons. The summed E-state index contributed by atoms with van der Waals surface area (Å²) in [4.78, 5) is 2.68. The first-order chi connectivity index (χ1) is 12.5. The van der Waals surface area contributed by atoms with Crippen molar-refractivity contribution in [3.63, 3.8) is 0 Å². The highest BCUT2D eigenvalue weighted by molar-refractivity contribution is 5.64. The zero-order valence-electron chi connectivity index (χ0n) is 14.9. The van der Waals surface area contributed by atoms with Gasteiger partial charge in [0, 0.05) is 24.2 Å². The molecule has 6 aliphatic rings. The molecule has 4 nitrogen and oxygen atoms in total. The Morgan fingerprint density at radius 1 is 1.23 bits per heavy atom. The normalized spacial score (nSPS) is 47.2. The zero-order valence-corrected chi connectivity index (χ0v) is 14.9. The zero-order chi connectivity index (χ0) is 17.4. The van der Waals surface area contributed by atoms with E-state index in [-0.39, 0.29) is 17.9 Å². The summed E-state index contributed by atoms with van der Waals surface area (Å²) < 4.78 is 6.35. The Morgan fingerprint density at radius 2 is 2.08 bits per heavy atom. The van der Waals surface area contributed by atoms with Crippen LogP contribution in [0, 0.1) is 11.8 Å². The van der Waals surface area contributed by atoms with Crippen molar-refractivity contribution in [2.24, 2.45) is 11.8 Å². The Morgan fingerprint density at radius 3 is 2.88 bits per heavy atom. The number of ether oxygens (including phenoxy) is 1. The van der Waals surface area contributed by atoms with Crippen LogP contribution >= 0.6 is 0 Å². The van der Waals surface area contributed by atoms with Gasteiger partial charge in [0.25, 0.3) is 0 Å². The number of benzene rings is 1. The van der Waals surface area contributed by atoms with Crippen molar-refractivity contribution in [1.29, 1.82) is 0 Å². The first-order valence-corrected chi connectivity index (χ1v) is 10.2. The second-order valence-corrected chi connectivity index (χ2v) is 9.80. The molecule has 1 aromatic rings. The van der Waals surface area contributed by atoms with Gasteiger partial charge >= 0.3 is 0 Å². The lowest BCUT2D eigenvalue weighted by Crippen LogP contribution is -2.68. The van der Waals surface area contributed by atoms with Gasteiger partial charge in [-0.25, -0.2) is 0 Å². The van der Waals surface area contributed by atoms with E-state index < -0.39 is 11.0 Å². The summed E-state index contributed by atoms with van der Waals surface area (Å²) >= 11 is 0. The van der Waals surface area contributed by atoms with Crippen LogP contribution in [0.2, 0.25) is 0 Å². The van der Waals surface area contributed by atoms with E-state index >= 15 is 0 Å². The fourth-order valence-electron chi connectivity index (χ4n) is 7.55. The third kappa shape index (κ3) is 1.36. The van der Waals surface area contributed by atoms with Gasteiger partial charge in [-0.15, -0.1) is 0 Å². The molecule has 2 heterocycles. The van der Waals surface area contributed by atoms with Crippen molar-refractivity contribution in [3.05, 3.63) is 35.4 Å². The number of aromatic hydroxyl groups is 1. The molecular formula is C22H25NO3. The summed E-state index contributed by atoms with van der Waals surface area (Å²) in [6, 6.07) is 4.50. The van der Waals surface area contributed by atoms with Crippen LogP contribution in [-0.2, 0) is 11.8 Å². The lowest BCUT2D eigenvalue weighted by Gasteiger charge is -2.57. The van der Waals surface area contributed by atoms with E-state index in [1.54, 1.807) is 6.07 Å². The summed E-state index contributed by atoms with van der Waals surface area (Å²) in [5.41, 5.74) is 2.32. The van der Waals surface area contributed by atoms with Gasteiger partial charge in [0.1, 0.15) is 6.10 Å². The molecule has 3 unspecified atom stereocenters. The number of aliphatic hydroxyl groups is 1. The molecular weight excluding hydrogens is 326 g/mol. The monoisotopic (exact) mass is 351 g/mol. The van der Waals surface area contributed by atoms with Crippen LogP contribution in [-0.4, -0.2) is 45.4 Å². The summed E-state index contributed by atoms with van der Waals surface area (Å²) in [7, 11) is 0. The quantitative estimate of drug-likeness (QED) is 0.804. The van der Waals surface area contributed by atoms with Gasteiger partial charge in [-0.1, -0.05) is 12.6 Å². The van der Waals surface area contributed by atoms with E-state index in [1.165, 1.54) is 18.4 Å². The standard InChI is InChI=1S/C22H25NO3/c1-11-6-14-8-21-18-13(4-5-16(24)19(18)26-20(11)21)7-17-22(21,25)9-15(14)23(17)10-12-2-3-12/h4-5,12,14-15,17,20,24-25H,1-3,6-10H2/t14?,15?,17-,20+,21+,22?/m1/s1. The van der Waals surface area contributed by atoms with E-state index in [4.69, 9.17) is 4.74 Å². The number of nitrogens with zero attached hydrogens (tertiary/aromatic N) is 1. The highest BCUT2D eigenvalue weighted by Gasteiger charge is 2.77. The minimum atomic E-state index is -0.761. The number of phenols is 1. The predicted molar refractivity (Wildman–Crippen MR) is 96.3 cm³/mol. The third-order valence-corrected chi connectivity index (χ3v) is 8.63. The molecule has 26 heavy (non-hydrogen) atoms. The van der Waals surface area contributed by atoms with Crippen LogP contribution in [0.15, 0.2) is 24.3 Å². The minimum absolute atomic E-state index is 0.179. The van der Waals surface area contributed by atoms with Crippen molar-refractivity contribution >= 4 is 0 Å². The lowest BCUT2D eigenvalue weighted by atomic mass is 9.47. The molecule has 4 aliphatic carbocycles. The van der Waals surface area contributed by atoms with Crippen molar-refractivity contribution in [2.75, 3.05) is 6.54 Å². The van der Waals surface area contributed by atoms with Gasteiger partial charge in [0.05, 0.1) is 11.0 Å². The van der Waals surface area contributed by atoms with Crippen molar-refractivity contribution in [3.8, 4) is 11.5 Å². The van der Waals surface area contributed by atoms with Gasteiger partial charge in [0.2, 0.25) is 0 Å². The van der Waals surface area contributed by atoms with Crippen molar-refractivity contribution in [2.45, 2.75) is 67.7 Å². The molecule has 2 aliphatic heterocycles. The minimum Gasteiger partial charge on any atom is -0.504 e. The summed E-state index contributed by atoms with van der Waals surface area (Å²) in [5.74, 6) is 2.21. The average molecular weight is 351 g/mol. The summed E-state index contributed by atoms with van der Waals surface area (Å²) in [6.07, 6.45) is 6.20. The van der Waals surface area contributed by atoms with Gasteiger partial charge in [0.15, 0.2) is 11.5 Å². The predicted octanol–water partition coefficient (Wildman–Crippen LogP) is 2.51. The number of fused-ring (bicyclic) bond motifs is 3. The van der Waals surface area contributed by atoms with Gasteiger partial charge in [-0.05, 0) is 67.6 Å². The molecule has 4 heteroatoms. The van der Waals surface area contributed by atoms with Crippen molar-refractivity contribution < 1.29 is 14.9 Å². The van der Waals surface area contributed by atoms with Crippen LogP contribution < -0.4 is 4.74 Å². The maximum absolute atomic E-state index is 12.2. The molecule has 6 atom stereocenters. The average Bonchev–Trinajstić information content (AvgIpc) is 3.28. The molecule has 2 N–H and O–H groups in total. The Hall–Kier alpha value is -1.52. The first-order valence-electron chi connectivity index (χ1n) is 10.2. The van der Waals surface area contributed by atoms with Crippen LogP contribution in [0.25, 0.3) is 0 Å². The summed E-state index contributed by atoms with van der Waals surface area (Å²) in [5, 5.41) is 22.7. The Bertz CT molecular complexity index is 876. The maximum Gasteiger partial charge on any atom is 0.166 e. The first kappa shape index (κ1) is 14.5. The topological polar surface area (TPSA) is 52.9 Å². The fourth-order valence-corrected chi connectivity index (χ4v) is 7.55. The molecule has 4 bridgehead atoms. The van der Waals surface area contributed by atoms with Crippen LogP contribution in [0.1, 0.15) is 43.2 Å². The second-order valence-electron chi connectivity index (χ2n) is 9.80. The number of phenolic OH excluding ortho intramolecular Hbond substituents is 1. The van der Waals surface area contributed by atoms with Crippen LogP contribution in [0.3, 0.4) is 0 Å². The third-order valence-electron chi connectivity index (χ3n) is 8.63. The number of hydrogen-bond acceptors (Lipinski definition) is 4. The highest BCUT2D eigenvalue weighted by Crippen LogP contribution is 2.70. The molecule has 3 saturated carbocycles. The SMILES string of the molecule is C=C1CC2C[C@]34c5c(ccc(O)c5O[C@@H]13)C[C@H]1N(CC3CC3)C2CC14O. The molecule has 7 rings (SSSR count). The van der Waals surface area contributed by atoms with E-state index in [0.29, 0.717) is 17.7 Å². The van der Waals surface area contributed by atoms with Gasteiger partial charge < -0.3 is 14.9 Å². The van der Waals surface area contributed by atoms with Gasteiger partial charge in [-0.3, -0.25) is 4.90 Å². The Kier molecular flexibility index (Phi) is 2.32. The molecule has 0 radical (unpaired) electrons. The molecule has 1 aromatic carbocycles. The molecule has 4 fully saturated rings. The van der Waals surface area contributed by atoms with Crippen LogP contribution in [0.5, 0.6) is 11.5 Å². The largest absolute Gasteiger partial charge is 0.504 e. The van der Waals surface area contributed by atoms with Crippen molar-refractivity contribution in [1.82, 2.24) is 4.90 Å². The van der Waals surface area contributed by atoms with E-state index in [0.717, 1.165) is 49.3 Å². The Labute approximate surface area is 153 Å². The smallest absolute Gasteiger partial charge is 0.166 e. The molecule has 0 amide bonds. The van der Waals surface area contributed by atoms with Crippen LogP contribution in [0.4, 0.5) is 0 Å². The molecule has 1 saturated heterocycles. The number of rotatable bonds is 2. The van der Waals surface area contributed by atoms with E-state index in [1.807, 2.05) is 0 Å². The number of likely N-dealkylation sites (tertiary alicyclic amines) is 1. The highest BCUT2D eigenvalue weighted by atomic mass is 16.5. The number of hydrogen-bond donors (Lipinski definition) is 2. The Balaban J connectivity index is 1.52. The van der Waals surface area contributed by atoms with E-state index in [2.05, 4.69) is 17.5 Å². The van der Waals surface area contributed by atoms with Gasteiger partial charge in [-0.2, -0.15) is 0 Å². The summed E-state index contributed by atoms with van der Waals surface area (Å²) in [6.45, 7) is 5.52. The fraction of sp³-hybridized carbons (Fsp3) is 0.636. The second kappa shape index (κ2) is 4.15. The maximum atomic E-state index is 12.2. The lowest BCUT2D eigenvalue weighted by molar-refractivity contribution is -0.115. The van der Waals surface area contributed by atoms with E-state index in [9.17, 15) is 10.2 Å². The molecule has 0 aromatic heterocycles.